The zero-order chi connectivity index (χ0) is 21.9. The van der Waals surface area contributed by atoms with Crippen molar-refractivity contribution < 1.29 is 19.1 Å². The first-order valence-electron chi connectivity index (χ1n) is 10.0. The molecule has 162 valence electrons. The summed E-state index contributed by atoms with van der Waals surface area (Å²) in [6.45, 7) is 8.18. The van der Waals surface area contributed by atoms with Gasteiger partial charge in [0.2, 0.25) is 0 Å². The number of rotatable bonds is 4. The predicted molar refractivity (Wildman–Crippen MR) is 120 cm³/mol. The lowest BCUT2D eigenvalue weighted by molar-refractivity contribution is -0.140. The maximum atomic E-state index is 12.3. The molecule has 1 aromatic carbocycles. The number of carbonyl (C=O) groups is 2. The number of aryl methyl sites for hydroxylation is 1. The van der Waals surface area contributed by atoms with E-state index in [9.17, 15) is 9.59 Å². The van der Waals surface area contributed by atoms with Gasteiger partial charge in [-0.25, -0.2) is 4.79 Å². The Morgan fingerprint density at radius 1 is 1.13 bits per heavy atom. The summed E-state index contributed by atoms with van der Waals surface area (Å²) in [5, 5.41) is 1.02. The van der Waals surface area contributed by atoms with Crippen LogP contribution < -0.4 is 4.90 Å². The third-order valence-corrected chi connectivity index (χ3v) is 5.34. The first kappa shape index (κ1) is 22.3. The first-order valence-corrected chi connectivity index (χ1v) is 10.8. The number of hydrogen-bond donors (Lipinski definition) is 0. The Morgan fingerprint density at radius 3 is 2.47 bits per heavy atom. The van der Waals surface area contributed by atoms with Gasteiger partial charge >= 0.3 is 12.1 Å². The van der Waals surface area contributed by atoms with Gasteiger partial charge < -0.3 is 19.3 Å². The van der Waals surface area contributed by atoms with Crippen molar-refractivity contribution in [3.63, 3.8) is 0 Å². The van der Waals surface area contributed by atoms with E-state index in [1.54, 1.807) is 4.90 Å². The summed E-state index contributed by atoms with van der Waals surface area (Å²) in [4.78, 5) is 32.6. The normalized spacial score (nSPS) is 14.7. The Kier molecular flexibility index (Phi) is 6.85. The van der Waals surface area contributed by atoms with Gasteiger partial charge in [0.05, 0.1) is 24.7 Å². The maximum Gasteiger partial charge on any atom is 0.410 e. The van der Waals surface area contributed by atoms with Crippen LogP contribution in [0.15, 0.2) is 28.7 Å². The number of piperazine rings is 1. The van der Waals surface area contributed by atoms with E-state index in [1.807, 2.05) is 39.0 Å². The monoisotopic (exact) mass is 477 g/mol. The number of benzene rings is 1. The number of anilines is 1. The van der Waals surface area contributed by atoms with Crippen LogP contribution in [-0.2, 0) is 20.7 Å². The molecule has 0 unspecified atom stereocenters. The van der Waals surface area contributed by atoms with E-state index in [0.29, 0.717) is 39.0 Å². The van der Waals surface area contributed by atoms with Crippen molar-refractivity contribution >= 4 is 44.6 Å². The van der Waals surface area contributed by atoms with Crippen LogP contribution in [0.4, 0.5) is 10.5 Å². The first-order chi connectivity index (χ1) is 14.2. The minimum absolute atomic E-state index is 0.244. The molecule has 2 heterocycles. The molecule has 30 heavy (non-hydrogen) atoms. The molecule has 1 aliphatic heterocycles. The Bertz CT molecular complexity index is 934. The molecule has 7 nitrogen and oxygen atoms in total. The molecule has 8 heteroatoms. The zero-order valence-electron chi connectivity index (χ0n) is 17.9. The molecule has 1 amide bonds. The third kappa shape index (κ3) is 5.62. The summed E-state index contributed by atoms with van der Waals surface area (Å²) in [6, 6.07) is 8.07. The fraction of sp³-hybridized carbons (Fsp3) is 0.500. The van der Waals surface area contributed by atoms with Gasteiger partial charge in [-0.2, -0.15) is 0 Å². The third-order valence-electron chi connectivity index (χ3n) is 4.88. The van der Waals surface area contributed by atoms with Crippen molar-refractivity contribution in [2.24, 2.45) is 0 Å². The predicted octanol–water partition coefficient (Wildman–Crippen LogP) is 4.16. The van der Waals surface area contributed by atoms with Crippen molar-refractivity contribution in [2.45, 2.75) is 39.2 Å². The van der Waals surface area contributed by atoms with E-state index >= 15 is 0 Å². The Balaban J connectivity index is 1.78. The molecule has 1 aromatic heterocycles. The van der Waals surface area contributed by atoms with Crippen molar-refractivity contribution in [1.82, 2.24) is 9.88 Å². The number of carbonyl (C=O) groups excluding carboxylic acids is 2. The average Bonchev–Trinajstić information content (AvgIpc) is 2.70. The molecular formula is C22H28BrN3O4. The van der Waals surface area contributed by atoms with E-state index in [1.165, 1.54) is 7.11 Å². The number of fused-ring (bicyclic) bond motifs is 1. The molecule has 1 saturated heterocycles. The number of pyridine rings is 1. The number of nitrogens with zero attached hydrogens (tertiary/aromatic N) is 3. The second kappa shape index (κ2) is 9.20. The second-order valence-electron chi connectivity index (χ2n) is 8.33. The lowest BCUT2D eigenvalue weighted by Gasteiger charge is -2.37. The number of halogens is 1. The Morgan fingerprint density at radius 2 is 1.83 bits per heavy atom. The van der Waals surface area contributed by atoms with Crippen molar-refractivity contribution in [3.05, 3.63) is 34.4 Å². The molecular weight excluding hydrogens is 450 g/mol. The van der Waals surface area contributed by atoms with Crippen LogP contribution in [-0.4, -0.2) is 60.8 Å². The second-order valence-corrected chi connectivity index (χ2v) is 9.25. The lowest BCUT2D eigenvalue weighted by Crippen LogP contribution is -2.50. The van der Waals surface area contributed by atoms with Gasteiger partial charge in [0.1, 0.15) is 5.60 Å². The van der Waals surface area contributed by atoms with Crippen LogP contribution in [0.3, 0.4) is 0 Å². The van der Waals surface area contributed by atoms with Gasteiger partial charge in [-0.15, -0.1) is 0 Å². The summed E-state index contributed by atoms with van der Waals surface area (Å²) in [5.41, 5.74) is 2.26. The van der Waals surface area contributed by atoms with Gasteiger partial charge in [-0.3, -0.25) is 9.78 Å². The molecule has 1 aliphatic rings. The zero-order valence-corrected chi connectivity index (χ0v) is 19.5. The van der Waals surface area contributed by atoms with Gasteiger partial charge in [0.25, 0.3) is 0 Å². The fourth-order valence-corrected chi connectivity index (χ4v) is 3.85. The van der Waals surface area contributed by atoms with E-state index in [-0.39, 0.29) is 12.1 Å². The number of ether oxygens (including phenoxy) is 2. The largest absolute Gasteiger partial charge is 0.469 e. The molecule has 0 atom stereocenters. The van der Waals surface area contributed by atoms with Crippen molar-refractivity contribution in [2.75, 3.05) is 38.2 Å². The highest BCUT2D eigenvalue weighted by Gasteiger charge is 2.27. The van der Waals surface area contributed by atoms with E-state index < -0.39 is 5.60 Å². The minimum atomic E-state index is -0.501. The minimum Gasteiger partial charge on any atom is -0.469 e. The van der Waals surface area contributed by atoms with Crippen LogP contribution in [0, 0.1) is 0 Å². The van der Waals surface area contributed by atoms with E-state index in [4.69, 9.17) is 14.5 Å². The number of esters is 1. The molecule has 2 aromatic rings. The summed E-state index contributed by atoms with van der Waals surface area (Å²) < 4.78 is 11.2. The summed E-state index contributed by atoms with van der Waals surface area (Å²) in [5.74, 6) is -0.244. The fourth-order valence-electron chi connectivity index (χ4n) is 3.39. The van der Waals surface area contributed by atoms with Crippen LogP contribution in [0.25, 0.3) is 10.9 Å². The number of aromatic nitrogens is 1. The van der Waals surface area contributed by atoms with Gasteiger partial charge in [0.15, 0.2) is 0 Å². The summed E-state index contributed by atoms with van der Waals surface area (Å²) in [7, 11) is 1.39. The smallest absolute Gasteiger partial charge is 0.410 e. The van der Waals surface area contributed by atoms with Crippen LogP contribution >= 0.6 is 15.9 Å². The quantitative estimate of drug-likeness (QED) is 0.615. The van der Waals surface area contributed by atoms with Gasteiger partial charge in [-0.05, 0) is 39.0 Å². The highest BCUT2D eigenvalue weighted by Crippen LogP contribution is 2.31. The standard InChI is InChI=1S/C22H28BrN3O4/c1-22(2,3)30-21(28)26-11-9-25(10-12-26)18-14-16(23)13-15-5-6-17(24-20(15)18)7-8-19(27)29-4/h5-6,13-14H,7-12H2,1-4H3. The molecule has 0 bridgehead atoms. The van der Waals surface area contributed by atoms with Crippen molar-refractivity contribution in [3.8, 4) is 0 Å². The number of hydrogen-bond acceptors (Lipinski definition) is 6. The summed E-state index contributed by atoms with van der Waals surface area (Å²) >= 11 is 3.60. The molecule has 0 aliphatic carbocycles. The lowest BCUT2D eigenvalue weighted by atomic mass is 10.1. The Labute approximate surface area is 185 Å². The van der Waals surface area contributed by atoms with Crippen LogP contribution in [0.1, 0.15) is 32.9 Å². The maximum absolute atomic E-state index is 12.3. The molecule has 1 fully saturated rings. The SMILES string of the molecule is COC(=O)CCc1ccc2cc(Br)cc(N3CCN(C(=O)OC(C)(C)C)CC3)c2n1. The molecule has 3 rings (SSSR count). The van der Waals surface area contributed by atoms with E-state index in [2.05, 4.69) is 26.9 Å². The van der Waals surface area contributed by atoms with Gasteiger partial charge in [-0.1, -0.05) is 22.0 Å². The molecule has 0 N–H and O–H groups in total. The highest BCUT2D eigenvalue weighted by molar-refractivity contribution is 9.10. The van der Waals surface area contributed by atoms with Crippen LogP contribution in [0.5, 0.6) is 0 Å². The van der Waals surface area contributed by atoms with Crippen molar-refractivity contribution in [1.29, 1.82) is 0 Å². The number of methoxy groups -OCH3 is 1. The molecule has 0 radical (unpaired) electrons. The van der Waals surface area contributed by atoms with Gasteiger partial charge in [0, 0.05) is 48.2 Å². The summed E-state index contributed by atoms with van der Waals surface area (Å²) in [6.07, 6.45) is 0.560. The van der Waals surface area contributed by atoms with E-state index in [0.717, 1.165) is 26.8 Å². The Hall–Kier alpha value is -2.35. The topological polar surface area (TPSA) is 72.0 Å². The average molecular weight is 478 g/mol. The molecule has 0 saturated carbocycles. The highest BCUT2D eigenvalue weighted by atomic mass is 79.9. The molecule has 0 spiro atoms. The number of amides is 1. The van der Waals surface area contributed by atoms with Crippen LogP contribution in [0.2, 0.25) is 0 Å².